The van der Waals surface area contributed by atoms with E-state index in [1.165, 1.54) is 0 Å². The smallest absolute Gasteiger partial charge is 0.320 e. The number of carbonyl (C=O) groups excluding carboxylic acids is 1. The van der Waals surface area contributed by atoms with Crippen molar-refractivity contribution in [2.75, 3.05) is 45.8 Å². The molecule has 1 N–H and O–H groups in total. The zero-order valence-electron chi connectivity index (χ0n) is 12.8. The minimum atomic E-state index is -0.806. The molecule has 116 valence electrons. The summed E-state index contributed by atoms with van der Waals surface area (Å²) in [6.45, 7) is 10.4. The molecule has 0 aromatic rings. The van der Waals surface area contributed by atoms with Crippen LogP contribution in [-0.2, 0) is 4.79 Å². The lowest BCUT2D eigenvalue weighted by atomic mass is 10.2. The highest BCUT2D eigenvalue weighted by Gasteiger charge is 2.23. The highest BCUT2D eigenvalue weighted by Crippen LogP contribution is 2.08. The Kier molecular flexibility index (Phi) is 6.78. The summed E-state index contributed by atoms with van der Waals surface area (Å²) in [5.41, 5.74) is 0. The first-order chi connectivity index (χ1) is 9.43. The van der Waals surface area contributed by atoms with Crippen LogP contribution >= 0.6 is 0 Å². The summed E-state index contributed by atoms with van der Waals surface area (Å²) in [6, 6.07) is 0.0818. The van der Waals surface area contributed by atoms with E-state index in [4.69, 9.17) is 5.11 Å². The molecule has 6 heteroatoms. The van der Waals surface area contributed by atoms with Crippen LogP contribution in [0.4, 0.5) is 4.79 Å². The molecule has 1 heterocycles. The quantitative estimate of drug-likeness (QED) is 0.824. The Morgan fingerprint density at radius 1 is 1.20 bits per heavy atom. The maximum atomic E-state index is 12.5. The van der Waals surface area contributed by atoms with Gasteiger partial charge in [-0.1, -0.05) is 13.8 Å². The molecule has 20 heavy (non-hydrogen) atoms. The number of carbonyl (C=O) groups is 2. The maximum absolute atomic E-state index is 12.5. The Hall–Kier alpha value is -1.30. The monoisotopic (exact) mass is 285 g/mol. The zero-order chi connectivity index (χ0) is 15.1. The van der Waals surface area contributed by atoms with E-state index >= 15 is 0 Å². The number of nitrogens with zero attached hydrogens (tertiary/aromatic N) is 3. The summed E-state index contributed by atoms with van der Waals surface area (Å²) in [5.74, 6) is -0.353. The van der Waals surface area contributed by atoms with Crippen LogP contribution in [0.3, 0.4) is 0 Å². The van der Waals surface area contributed by atoms with Crippen molar-refractivity contribution in [3.63, 3.8) is 0 Å². The van der Waals surface area contributed by atoms with Crippen LogP contribution in [0.15, 0.2) is 0 Å². The number of aliphatic carboxylic acids is 1. The number of amides is 2. The van der Waals surface area contributed by atoms with Crippen LogP contribution < -0.4 is 0 Å². The van der Waals surface area contributed by atoms with E-state index in [1.807, 2.05) is 21.6 Å². The van der Waals surface area contributed by atoms with Gasteiger partial charge >= 0.3 is 12.0 Å². The van der Waals surface area contributed by atoms with Crippen molar-refractivity contribution in [2.45, 2.75) is 27.2 Å². The molecule has 1 aliphatic heterocycles. The molecule has 0 unspecified atom stereocenters. The highest BCUT2D eigenvalue weighted by atomic mass is 16.4. The molecule has 1 aliphatic rings. The van der Waals surface area contributed by atoms with E-state index in [0.29, 0.717) is 32.1 Å². The molecule has 0 aromatic heterocycles. The normalized spacial score (nSPS) is 17.1. The molecule has 0 radical (unpaired) electrons. The Morgan fingerprint density at radius 3 is 2.45 bits per heavy atom. The van der Waals surface area contributed by atoms with E-state index < -0.39 is 5.97 Å². The summed E-state index contributed by atoms with van der Waals surface area (Å²) in [7, 11) is 0. The lowest BCUT2D eigenvalue weighted by molar-refractivity contribution is -0.138. The van der Waals surface area contributed by atoms with Gasteiger partial charge in [0.1, 0.15) is 0 Å². The second-order valence-corrected chi connectivity index (χ2v) is 5.73. The van der Waals surface area contributed by atoms with Gasteiger partial charge < -0.3 is 14.9 Å². The lowest BCUT2D eigenvalue weighted by Crippen LogP contribution is -2.46. The van der Waals surface area contributed by atoms with Crippen molar-refractivity contribution >= 4 is 12.0 Å². The van der Waals surface area contributed by atoms with Gasteiger partial charge in [0, 0.05) is 39.3 Å². The fourth-order valence-corrected chi connectivity index (χ4v) is 2.49. The molecule has 0 aromatic carbocycles. The highest BCUT2D eigenvalue weighted by molar-refractivity contribution is 5.74. The summed E-state index contributed by atoms with van der Waals surface area (Å²) >= 11 is 0. The molecule has 0 bridgehead atoms. The third kappa shape index (κ3) is 5.36. The van der Waals surface area contributed by atoms with Gasteiger partial charge in [-0.15, -0.1) is 0 Å². The minimum Gasteiger partial charge on any atom is -0.480 e. The van der Waals surface area contributed by atoms with Gasteiger partial charge in [0.25, 0.3) is 0 Å². The van der Waals surface area contributed by atoms with E-state index in [1.54, 1.807) is 0 Å². The van der Waals surface area contributed by atoms with Gasteiger partial charge in [-0.3, -0.25) is 9.69 Å². The predicted molar refractivity (Wildman–Crippen MR) is 77.7 cm³/mol. The number of hydrogen-bond acceptors (Lipinski definition) is 3. The molecule has 6 nitrogen and oxygen atoms in total. The molecule has 1 rings (SSSR count). The Balaban J connectivity index is 2.54. The Labute approximate surface area is 121 Å². The van der Waals surface area contributed by atoms with E-state index in [2.05, 4.69) is 13.8 Å². The second kappa shape index (κ2) is 8.09. The molecule has 0 aliphatic carbocycles. The summed E-state index contributed by atoms with van der Waals surface area (Å²) in [5, 5.41) is 8.83. The number of urea groups is 1. The largest absolute Gasteiger partial charge is 0.480 e. The average Bonchev–Trinajstić information content (AvgIpc) is 2.59. The van der Waals surface area contributed by atoms with Crippen LogP contribution in [0.5, 0.6) is 0 Å². The summed E-state index contributed by atoms with van der Waals surface area (Å²) in [6.07, 6.45) is 0.832. The van der Waals surface area contributed by atoms with Crippen molar-refractivity contribution in [3.8, 4) is 0 Å². The molecular weight excluding hydrogens is 258 g/mol. The summed E-state index contributed by atoms with van der Waals surface area (Å²) in [4.78, 5) is 28.8. The number of rotatable bonds is 5. The first kappa shape index (κ1) is 16.8. The first-order valence-electron chi connectivity index (χ1n) is 7.42. The van der Waals surface area contributed by atoms with E-state index in [-0.39, 0.29) is 12.6 Å². The Morgan fingerprint density at radius 2 is 1.90 bits per heavy atom. The van der Waals surface area contributed by atoms with Gasteiger partial charge in [-0.2, -0.15) is 0 Å². The summed E-state index contributed by atoms with van der Waals surface area (Å²) < 4.78 is 0. The van der Waals surface area contributed by atoms with E-state index in [9.17, 15) is 9.59 Å². The molecule has 0 spiro atoms. The SMILES string of the molecule is CCN(CC(C)C)C(=O)N1CCCN(CC(=O)O)CC1. The predicted octanol–water partition coefficient (Wildman–Crippen LogP) is 1.18. The lowest BCUT2D eigenvalue weighted by Gasteiger charge is -2.30. The minimum absolute atomic E-state index is 0.0610. The standard InChI is InChI=1S/C14H27N3O3/c1-4-16(10-12(2)3)14(20)17-7-5-6-15(8-9-17)11-13(18)19/h12H,4-11H2,1-3H3,(H,18,19). The van der Waals surface area contributed by atoms with Crippen molar-refractivity contribution in [2.24, 2.45) is 5.92 Å². The fourth-order valence-electron chi connectivity index (χ4n) is 2.49. The van der Waals surface area contributed by atoms with Gasteiger partial charge in [0.2, 0.25) is 0 Å². The van der Waals surface area contributed by atoms with Gasteiger partial charge in [0.05, 0.1) is 6.54 Å². The van der Waals surface area contributed by atoms with E-state index in [0.717, 1.165) is 19.5 Å². The molecule has 0 saturated carbocycles. The van der Waals surface area contributed by atoms with Crippen molar-refractivity contribution in [1.29, 1.82) is 0 Å². The third-order valence-electron chi connectivity index (χ3n) is 3.46. The molecule has 1 saturated heterocycles. The Bertz CT molecular complexity index is 334. The maximum Gasteiger partial charge on any atom is 0.320 e. The van der Waals surface area contributed by atoms with Gasteiger partial charge in [-0.05, 0) is 19.3 Å². The fraction of sp³-hybridized carbons (Fsp3) is 0.857. The van der Waals surface area contributed by atoms with Crippen LogP contribution in [0.1, 0.15) is 27.2 Å². The molecular formula is C14H27N3O3. The van der Waals surface area contributed by atoms with Gasteiger partial charge in [0.15, 0.2) is 0 Å². The van der Waals surface area contributed by atoms with Crippen molar-refractivity contribution in [3.05, 3.63) is 0 Å². The molecule has 1 fully saturated rings. The van der Waals surface area contributed by atoms with Crippen LogP contribution in [0, 0.1) is 5.92 Å². The topological polar surface area (TPSA) is 64.1 Å². The van der Waals surface area contributed by atoms with Crippen LogP contribution in [-0.4, -0.2) is 77.6 Å². The van der Waals surface area contributed by atoms with Crippen molar-refractivity contribution in [1.82, 2.24) is 14.7 Å². The first-order valence-corrected chi connectivity index (χ1v) is 7.42. The average molecular weight is 285 g/mol. The number of hydrogen-bond donors (Lipinski definition) is 1. The number of carboxylic acids is 1. The molecule has 0 atom stereocenters. The third-order valence-corrected chi connectivity index (χ3v) is 3.46. The number of carboxylic acid groups (broad SMARTS) is 1. The van der Waals surface area contributed by atoms with Crippen LogP contribution in [0.25, 0.3) is 0 Å². The molecule has 2 amide bonds. The second-order valence-electron chi connectivity index (χ2n) is 5.73. The van der Waals surface area contributed by atoms with Gasteiger partial charge in [-0.25, -0.2) is 4.79 Å². The van der Waals surface area contributed by atoms with Crippen molar-refractivity contribution < 1.29 is 14.7 Å². The van der Waals surface area contributed by atoms with Crippen LogP contribution in [0.2, 0.25) is 0 Å². The zero-order valence-corrected chi connectivity index (χ0v) is 12.8.